The van der Waals surface area contributed by atoms with Crippen molar-refractivity contribution < 1.29 is 13.2 Å². The summed E-state index contributed by atoms with van der Waals surface area (Å²) in [5.41, 5.74) is 2.67. The molecule has 0 saturated heterocycles. The van der Waals surface area contributed by atoms with Gasteiger partial charge < -0.3 is 10.2 Å². The number of nitrogens with two attached hydrogens (primary N) is 1. The molecular weight excluding hydrogens is 316 g/mol. The molecule has 1 aromatic heterocycles. The largest absolute Gasteiger partial charge is 0.495 e. The number of benzene rings is 1. The molecule has 21 heavy (non-hydrogen) atoms. The van der Waals surface area contributed by atoms with Crippen molar-refractivity contribution in [3.05, 3.63) is 41.6 Å². The number of nitrogens with one attached hydrogen (secondary N) is 2. The van der Waals surface area contributed by atoms with Gasteiger partial charge in [0.25, 0.3) is 10.0 Å². The van der Waals surface area contributed by atoms with Gasteiger partial charge >= 0.3 is 0 Å². The number of pyridine rings is 1. The van der Waals surface area contributed by atoms with Crippen LogP contribution in [0.15, 0.2) is 41.6 Å². The van der Waals surface area contributed by atoms with Crippen LogP contribution in [0.3, 0.4) is 0 Å². The van der Waals surface area contributed by atoms with Crippen molar-refractivity contribution in [3.63, 3.8) is 0 Å². The molecule has 1 aromatic carbocycles. The van der Waals surface area contributed by atoms with E-state index in [0.29, 0.717) is 10.8 Å². The lowest BCUT2D eigenvalue weighted by Crippen LogP contribution is -2.19. The van der Waals surface area contributed by atoms with Gasteiger partial charge in [0.2, 0.25) is 5.03 Å². The maximum Gasteiger partial charge on any atom is 0.281 e. The number of anilines is 2. The molecule has 2 rings (SSSR count). The number of aromatic nitrogens is 1. The average Bonchev–Trinajstić information content (AvgIpc) is 2.47. The fraction of sp³-hybridized carbons (Fsp3) is 0.0833. The van der Waals surface area contributed by atoms with E-state index in [1.807, 2.05) is 0 Å². The first kappa shape index (κ1) is 15.4. The van der Waals surface area contributed by atoms with Crippen LogP contribution in [0.1, 0.15) is 0 Å². The van der Waals surface area contributed by atoms with Gasteiger partial charge in [0.1, 0.15) is 5.75 Å². The molecule has 7 nitrogen and oxygen atoms in total. The second kappa shape index (κ2) is 6.17. The van der Waals surface area contributed by atoms with E-state index in [1.165, 1.54) is 25.4 Å². The van der Waals surface area contributed by atoms with Crippen LogP contribution >= 0.6 is 11.6 Å². The summed E-state index contributed by atoms with van der Waals surface area (Å²) in [5.74, 6) is 5.63. The zero-order valence-electron chi connectivity index (χ0n) is 11.0. The third kappa shape index (κ3) is 3.35. The molecule has 0 saturated carbocycles. The number of ether oxygens (including phenoxy) is 1. The highest BCUT2D eigenvalue weighted by molar-refractivity contribution is 7.92. The van der Waals surface area contributed by atoms with Crippen LogP contribution in [0, 0.1) is 0 Å². The SMILES string of the molecule is COc1ccc(Cl)cc1NS(=O)(=O)c1ncccc1NN. The van der Waals surface area contributed by atoms with E-state index in [-0.39, 0.29) is 16.4 Å². The molecule has 0 spiro atoms. The van der Waals surface area contributed by atoms with Crippen molar-refractivity contribution in [2.75, 3.05) is 17.3 Å². The summed E-state index contributed by atoms with van der Waals surface area (Å²) in [5, 5.41) is 0.140. The average molecular weight is 329 g/mol. The topological polar surface area (TPSA) is 106 Å². The summed E-state index contributed by atoms with van der Waals surface area (Å²) >= 11 is 5.87. The Morgan fingerprint density at radius 1 is 1.29 bits per heavy atom. The Hall–Kier alpha value is -2.03. The lowest BCUT2D eigenvalue weighted by molar-refractivity contribution is 0.417. The van der Waals surface area contributed by atoms with Gasteiger partial charge in [0.15, 0.2) is 0 Å². The quantitative estimate of drug-likeness (QED) is 0.571. The minimum absolute atomic E-state index is 0.172. The number of hydrogen-bond donors (Lipinski definition) is 3. The summed E-state index contributed by atoms with van der Waals surface area (Å²) < 4.78 is 32.3. The molecule has 9 heteroatoms. The van der Waals surface area contributed by atoms with E-state index in [9.17, 15) is 8.42 Å². The van der Waals surface area contributed by atoms with Crippen LogP contribution in [0.5, 0.6) is 5.75 Å². The first-order chi connectivity index (χ1) is 9.97. The van der Waals surface area contributed by atoms with E-state index < -0.39 is 10.0 Å². The minimum Gasteiger partial charge on any atom is -0.495 e. The van der Waals surface area contributed by atoms with Crippen molar-refractivity contribution in [3.8, 4) is 5.75 Å². The summed E-state index contributed by atoms with van der Waals surface area (Å²) in [6, 6.07) is 7.65. The fourth-order valence-electron chi connectivity index (χ4n) is 1.67. The third-order valence-electron chi connectivity index (χ3n) is 2.59. The summed E-state index contributed by atoms with van der Waals surface area (Å²) in [7, 11) is -2.52. The van der Waals surface area contributed by atoms with Gasteiger partial charge in [-0.25, -0.2) is 4.98 Å². The molecule has 0 bridgehead atoms. The van der Waals surface area contributed by atoms with Gasteiger partial charge in [-0.2, -0.15) is 8.42 Å². The molecule has 4 N–H and O–H groups in total. The zero-order valence-corrected chi connectivity index (χ0v) is 12.6. The lowest BCUT2D eigenvalue weighted by Gasteiger charge is -2.13. The smallest absolute Gasteiger partial charge is 0.281 e. The Morgan fingerprint density at radius 3 is 2.71 bits per heavy atom. The highest BCUT2D eigenvalue weighted by Gasteiger charge is 2.21. The number of methoxy groups -OCH3 is 1. The number of rotatable bonds is 5. The standard InChI is InChI=1S/C12H13ClN4O3S/c1-20-11-5-4-8(13)7-10(11)17-21(18,19)12-9(16-14)3-2-6-15-12/h2-7,16-17H,14H2,1H3. The van der Waals surface area contributed by atoms with E-state index in [2.05, 4.69) is 15.1 Å². The molecule has 0 amide bonds. The molecule has 1 heterocycles. The molecule has 0 fully saturated rings. The van der Waals surface area contributed by atoms with Gasteiger partial charge in [0.05, 0.1) is 18.5 Å². The number of hydrazine groups is 1. The minimum atomic E-state index is -3.95. The van der Waals surface area contributed by atoms with Crippen molar-refractivity contribution in [1.82, 2.24) is 4.98 Å². The summed E-state index contributed by atoms with van der Waals surface area (Å²) in [4.78, 5) is 3.83. The van der Waals surface area contributed by atoms with Crippen molar-refractivity contribution in [2.45, 2.75) is 5.03 Å². The maximum absolute atomic E-state index is 12.4. The maximum atomic E-state index is 12.4. The molecule has 2 aromatic rings. The molecule has 0 unspecified atom stereocenters. The Morgan fingerprint density at radius 2 is 2.05 bits per heavy atom. The summed E-state index contributed by atoms with van der Waals surface area (Å²) in [6.45, 7) is 0. The molecule has 112 valence electrons. The first-order valence-electron chi connectivity index (χ1n) is 5.76. The molecule has 0 aliphatic heterocycles. The van der Waals surface area contributed by atoms with E-state index >= 15 is 0 Å². The predicted molar refractivity (Wildman–Crippen MR) is 80.9 cm³/mol. The molecule has 0 aliphatic rings. The van der Waals surface area contributed by atoms with Gasteiger partial charge in [-0.3, -0.25) is 10.6 Å². The number of nitrogen functional groups attached to an aromatic ring is 1. The predicted octanol–water partition coefficient (Wildman–Crippen LogP) is 1.83. The molecule has 0 atom stereocenters. The monoisotopic (exact) mass is 328 g/mol. The van der Waals surface area contributed by atoms with Crippen LogP contribution in [-0.2, 0) is 10.0 Å². The van der Waals surface area contributed by atoms with E-state index in [4.69, 9.17) is 22.2 Å². The van der Waals surface area contributed by atoms with Crippen molar-refractivity contribution >= 4 is 33.0 Å². The van der Waals surface area contributed by atoms with Gasteiger partial charge in [0, 0.05) is 11.2 Å². The van der Waals surface area contributed by atoms with E-state index in [1.54, 1.807) is 18.2 Å². The number of halogens is 1. The Kier molecular flexibility index (Phi) is 4.51. The Labute approximate surface area is 127 Å². The van der Waals surface area contributed by atoms with Crippen LogP contribution in [0.25, 0.3) is 0 Å². The molecular formula is C12H13ClN4O3S. The third-order valence-corrected chi connectivity index (χ3v) is 4.15. The lowest BCUT2D eigenvalue weighted by atomic mass is 10.3. The van der Waals surface area contributed by atoms with Crippen molar-refractivity contribution in [1.29, 1.82) is 0 Å². The number of nitrogens with zero attached hydrogens (tertiary/aromatic N) is 1. The van der Waals surface area contributed by atoms with Gasteiger partial charge in [-0.15, -0.1) is 0 Å². The second-order valence-corrected chi connectivity index (χ2v) is 5.98. The Balaban J connectivity index is 2.45. The highest BCUT2D eigenvalue weighted by Crippen LogP contribution is 2.30. The normalized spacial score (nSPS) is 11.0. The van der Waals surface area contributed by atoms with E-state index in [0.717, 1.165) is 0 Å². The fourth-order valence-corrected chi connectivity index (χ4v) is 3.00. The number of sulfonamides is 1. The van der Waals surface area contributed by atoms with Crippen LogP contribution in [0.4, 0.5) is 11.4 Å². The van der Waals surface area contributed by atoms with Crippen LogP contribution < -0.4 is 20.7 Å². The van der Waals surface area contributed by atoms with Crippen LogP contribution in [-0.4, -0.2) is 20.5 Å². The van der Waals surface area contributed by atoms with Gasteiger partial charge in [-0.05, 0) is 30.3 Å². The first-order valence-corrected chi connectivity index (χ1v) is 7.62. The Bertz CT molecular complexity index is 752. The number of hydrogen-bond acceptors (Lipinski definition) is 6. The van der Waals surface area contributed by atoms with Crippen molar-refractivity contribution in [2.24, 2.45) is 5.84 Å². The molecule has 0 radical (unpaired) electrons. The second-order valence-electron chi connectivity index (χ2n) is 3.95. The van der Waals surface area contributed by atoms with Crippen LogP contribution in [0.2, 0.25) is 5.02 Å². The zero-order chi connectivity index (χ0) is 15.5. The molecule has 0 aliphatic carbocycles. The van der Waals surface area contributed by atoms with Gasteiger partial charge in [-0.1, -0.05) is 11.6 Å². The summed E-state index contributed by atoms with van der Waals surface area (Å²) in [6.07, 6.45) is 1.35. The highest BCUT2D eigenvalue weighted by atomic mass is 35.5.